The van der Waals surface area contributed by atoms with Gasteiger partial charge in [-0.25, -0.2) is 9.78 Å². The van der Waals surface area contributed by atoms with E-state index in [2.05, 4.69) is 16.6 Å². The minimum atomic E-state index is -1.45. The van der Waals surface area contributed by atoms with Gasteiger partial charge in [0.15, 0.2) is 6.61 Å². The lowest BCUT2D eigenvalue weighted by atomic mass is 10.0. The van der Waals surface area contributed by atoms with Crippen LogP contribution in [0.5, 0.6) is 5.75 Å². The zero-order valence-electron chi connectivity index (χ0n) is 17.0. The molecule has 0 fully saturated rings. The number of hydrogen-bond acceptors (Lipinski definition) is 8. The molecule has 1 N–H and O–H groups in total. The van der Waals surface area contributed by atoms with E-state index in [9.17, 15) is 9.90 Å². The molecule has 1 heterocycles. The summed E-state index contributed by atoms with van der Waals surface area (Å²) in [4.78, 5) is 17.5. The van der Waals surface area contributed by atoms with Gasteiger partial charge in [0.1, 0.15) is 11.4 Å². The van der Waals surface area contributed by atoms with Crippen molar-refractivity contribution in [3.05, 3.63) is 45.9 Å². The Morgan fingerprint density at radius 2 is 2.00 bits per heavy atom. The highest BCUT2D eigenvalue weighted by Gasteiger charge is 2.34. The summed E-state index contributed by atoms with van der Waals surface area (Å²) in [6.07, 6.45) is 0.781. The summed E-state index contributed by atoms with van der Waals surface area (Å²) in [5.41, 5.74) is 1.65. The Kier molecular flexibility index (Phi) is 7.94. The van der Waals surface area contributed by atoms with Crippen LogP contribution in [0.1, 0.15) is 23.2 Å². The van der Waals surface area contributed by atoms with Gasteiger partial charge in [-0.3, -0.25) is 4.90 Å². The molecule has 2 unspecified atom stereocenters. The van der Waals surface area contributed by atoms with Gasteiger partial charge in [-0.15, -0.1) is 11.3 Å². The van der Waals surface area contributed by atoms with Crippen LogP contribution in [0, 0.1) is 6.92 Å². The molecule has 0 saturated carbocycles. The number of likely N-dealkylation sites (N-methyl/N-ethyl adjacent to an activating group) is 1. The molecule has 0 saturated heterocycles. The molecule has 2 atom stereocenters. The van der Waals surface area contributed by atoms with Crippen molar-refractivity contribution in [2.24, 2.45) is 0 Å². The molecular weight excluding hydrogens is 380 g/mol. The molecule has 154 valence electrons. The topological polar surface area (TPSA) is 81.1 Å². The summed E-state index contributed by atoms with van der Waals surface area (Å²) in [6.45, 7) is 4.17. The van der Waals surface area contributed by atoms with Crippen molar-refractivity contribution in [1.82, 2.24) is 9.88 Å². The van der Waals surface area contributed by atoms with Crippen molar-refractivity contribution in [3.8, 4) is 5.75 Å². The second-order valence-corrected chi connectivity index (χ2v) is 7.78. The SMILES string of the molecule is COC(=O)COc1ccc(CC(C)N(C)CC(O)(OC)c2csc(C)n2)cc1. The van der Waals surface area contributed by atoms with Crippen LogP contribution in [0.3, 0.4) is 0 Å². The van der Waals surface area contributed by atoms with Gasteiger partial charge in [0.05, 0.1) is 18.7 Å². The third-order valence-corrected chi connectivity index (χ3v) is 5.39. The average molecular weight is 409 g/mol. The number of carbonyl (C=O) groups excluding carboxylic acids is 1. The minimum absolute atomic E-state index is 0.110. The zero-order valence-corrected chi connectivity index (χ0v) is 17.8. The van der Waals surface area contributed by atoms with Gasteiger partial charge >= 0.3 is 5.97 Å². The lowest BCUT2D eigenvalue weighted by Crippen LogP contribution is -2.45. The van der Waals surface area contributed by atoms with Crippen LogP contribution >= 0.6 is 11.3 Å². The van der Waals surface area contributed by atoms with E-state index in [1.165, 1.54) is 25.6 Å². The summed E-state index contributed by atoms with van der Waals surface area (Å²) < 4.78 is 15.3. The van der Waals surface area contributed by atoms with E-state index >= 15 is 0 Å². The number of aromatic nitrogens is 1. The van der Waals surface area contributed by atoms with E-state index in [0.717, 1.165) is 17.0 Å². The van der Waals surface area contributed by atoms with Crippen molar-refractivity contribution in [2.75, 3.05) is 34.4 Å². The van der Waals surface area contributed by atoms with Crippen molar-refractivity contribution >= 4 is 17.3 Å². The molecule has 0 aliphatic heterocycles. The quantitative estimate of drug-likeness (QED) is 0.477. The van der Waals surface area contributed by atoms with Crippen LogP contribution < -0.4 is 4.74 Å². The van der Waals surface area contributed by atoms with Gasteiger partial charge in [0.25, 0.3) is 0 Å². The van der Waals surface area contributed by atoms with E-state index in [0.29, 0.717) is 18.0 Å². The molecule has 0 bridgehead atoms. The Morgan fingerprint density at radius 1 is 1.32 bits per heavy atom. The zero-order chi connectivity index (χ0) is 20.7. The summed E-state index contributed by atoms with van der Waals surface area (Å²) >= 11 is 1.48. The predicted molar refractivity (Wildman–Crippen MR) is 108 cm³/mol. The normalized spacial score (nSPS) is 14.5. The highest BCUT2D eigenvalue weighted by atomic mass is 32.1. The molecule has 2 aromatic rings. The first-order valence-electron chi connectivity index (χ1n) is 8.96. The van der Waals surface area contributed by atoms with Gasteiger partial charge in [-0.1, -0.05) is 12.1 Å². The second-order valence-electron chi connectivity index (χ2n) is 6.72. The number of methoxy groups -OCH3 is 2. The number of thiazole rings is 1. The largest absolute Gasteiger partial charge is 0.482 e. The summed E-state index contributed by atoms with van der Waals surface area (Å²) in [7, 11) is 4.76. The predicted octanol–water partition coefficient (Wildman–Crippen LogP) is 2.36. The molecule has 1 aromatic carbocycles. The van der Waals surface area contributed by atoms with Crippen LogP contribution in [0.15, 0.2) is 29.6 Å². The number of benzene rings is 1. The first-order chi connectivity index (χ1) is 13.3. The number of aryl methyl sites for hydroxylation is 1. The van der Waals surface area contributed by atoms with Crippen molar-refractivity contribution in [3.63, 3.8) is 0 Å². The van der Waals surface area contributed by atoms with Crippen molar-refractivity contribution < 1.29 is 24.1 Å². The summed E-state index contributed by atoms with van der Waals surface area (Å²) in [5, 5.41) is 13.6. The number of carbonyl (C=O) groups is 1. The van der Waals surface area contributed by atoms with E-state index in [1.54, 1.807) is 0 Å². The molecule has 2 rings (SSSR count). The monoisotopic (exact) mass is 408 g/mol. The standard InChI is InChI=1S/C20H28N2O5S/c1-14(10-16-6-8-17(9-7-16)27-11-19(23)25-4)22(3)13-20(24,26-5)18-12-28-15(2)21-18/h6-9,12,14,24H,10-11,13H2,1-5H3. The van der Waals surface area contributed by atoms with Crippen LogP contribution in [-0.2, 0) is 26.5 Å². The van der Waals surface area contributed by atoms with Gasteiger partial charge in [-0.05, 0) is 45.0 Å². The smallest absolute Gasteiger partial charge is 0.343 e. The third kappa shape index (κ3) is 6.00. The van der Waals surface area contributed by atoms with Crippen LogP contribution in [0.4, 0.5) is 0 Å². The number of nitrogens with zero attached hydrogens (tertiary/aromatic N) is 2. The van der Waals surface area contributed by atoms with Crippen molar-refractivity contribution in [1.29, 1.82) is 0 Å². The van der Waals surface area contributed by atoms with E-state index in [1.807, 2.05) is 48.5 Å². The number of esters is 1. The fourth-order valence-electron chi connectivity index (χ4n) is 2.71. The Labute approximate surface area is 169 Å². The summed E-state index contributed by atoms with van der Waals surface area (Å²) in [6, 6.07) is 7.73. The first kappa shape index (κ1) is 22.3. The number of aliphatic hydroxyl groups is 1. The fraction of sp³-hybridized carbons (Fsp3) is 0.500. The molecule has 28 heavy (non-hydrogen) atoms. The Bertz CT molecular complexity index is 764. The van der Waals surface area contributed by atoms with Crippen LogP contribution in [0.2, 0.25) is 0 Å². The maximum absolute atomic E-state index is 11.1. The Morgan fingerprint density at radius 3 is 2.54 bits per heavy atom. The molecule has 7 nitrogen and oxygen atoms in total. The number of hydrogen-bond donors (Lipinski definition) is 1. The van der Waals surface area contributed by atoms with E-state index in [4.69, 9.17) is 9.47 Å². The van der Waals surface area contributed by atoms with Crippen molar-refractivity contribution in [2.45, 2.75) is 32.1 Å². The molecule has 8 heteroatoms. The highest BCUT2D eigenvalue weighted by Crippen LogP contribution is 2.25. The van der Waals surface area contributed by atoms with E-state index < -0.39 is 11.8 Å². The molecule has 0 aliphatic carbocycles. The lowest BCUT2D eigenvalue weighted by molar-refractivity contribution is -0.208. The van der Waals surface area contributed by atoms with Gasteiger partial charge < -0.3 is 19.3 Å². The first-order valence-corrected chi connectivity index (χ1v) is 9.84. The molecule has 0 aliphatic rings. The maximum Gasteiger partial charge on any atom is 0.343 e. The number of ether oxygens (including phenoxy) is 3. The molecule has 1 aromatic heterocycles. The van der Waals surface area contributed by atoms with Gasteiger partial charge in [0, 0.05) is 18.5 Å². The molecular formula is C20H28N2O5S. The third-order valence-electron chi connectivity index (χ3n) is 4.61. The van der Waals surface area contributed by atoms with Gasteiger partial charge in [-0.2, -0.15) is 0 Å². The second kappa shape index (κ2) is 9.97. The molecule has 0 spiro atoms. The van der Waals surface area contributed by atoms with E-state index in [-0.39, 0.29) is 12.6 Å². The molecule has 0 radical (unpaired) electrons. The Balaban J connectivity index is 1.94. The lowest BCUT2D eigenvalue weighted by Gasteiger charge is -2.33. The summed E-state index contributed by atoms with van der Waals surface area (Å²) in [5.74, 6) is -1.25. The van der Waals surface area contributed by atoms with Gasteiger partial charge in [0.2, 0.25) is 5.79 Å². The fourth-order valence-corrected chi connectivity index (χ4v) is 3.38. The maximum atomic E-state index is 11.1. The minimum Gasteiger partial charge on any atom is -0.482 e. The average Bonchev–Trinajstić information content (AvgIpc) is 3.14. The number of rotatable bonds is 10. The Hall–Kier alpha value is -2.00. The van der Waals surface area contributed by atoms with Crippen LogP contribution in [-0.4, -0.2) is 61.4 Å². The highest BCUT2D eigenvalue weighted by molar-refractivity contribution is 7.09. The molecule has 0 amide bonds. The van der Waals surface area contributed by atoms with Crippen LogP contribution in [0.25, 0.3) is 0 Å².